The molecule has 3 heterocycles. The van der Waals surface area contributed by atoms with E-state index in [1.165, 1.54) is 5.69 Å². The van der Waals surface area contributed by atoms with Crippen molar-refractivity contribution in [2.45, 2.75) is 52.2 Å². The molecule has 3 rings (SSSR count). The minimum Gasteiger partial charge on any atom is -0.380 e. The summed E-state index contributed by atoms with van der Waals surface area (Å²) in [5.41, 5.74) is 2.09. The smallest absolute Gasteiger partial charge is 0.228 e. The van der Waals surface area contributed by atoms with Crippen LogP contribution in [-0.4, -0.2) is 65.6 Å². The number of piperidine rings is 2. The van der Waals surface area contributed by atoms with Crippen molar-refractivity contribution in [2.24, 2.45) is 5.41 Å². The summed E-state index contributed by atoms with van der Waals surface area (Å²) in [6.07, 6.45) is 3.80. The lowest BCUT2D eigenvalue weighted by atomic mass is 9.71. The predicted octanol–water partition coefficient (Wildman–Crippen LogP) is 1.74. The van der Waals surface area contributed by atoms with Crippen LogP contribution in [0.1, 0.15) is 43.4 Å². The second kappa shape index (κ2) is 6.84. The standard InChI is InChI=1S/C18H30N4O2/c1-5-16-19-13(2)15(20-16)12-22-8-6-18(7-9-22)10-14(24-4)11-21(3)17(18)23/h14H,5-12H2,1-4H3,(H,19,20). The third-order valence-corrected chi connectivity index (χ3v) is 5.79. The number of H-pyrrole nitrogens is 1. The minimum atomic E-state index is -0.223. The summed E-state index contributed by atoms with van der Waals surface area (Å²) in [6.45, 7) is 7.69. The van der Waals surface area contributed by atoms with Gasteiger partial charge in [0, 0.05) is 39.4 Å². The molecule has 1 atom stereocenters. The van der Waals surface area contributed by atoms with E-state index in [0.29, 0.717) is 12.5 Å². The van der Waals surface area contributed by atoms with Crippen LogP contribution in [0.25, 0.3) is 0 Å². The van der Waals surface area contributed by atoms with Gasteiger partial charge in [-0.3, -0.25) is 9.69 Å². The zero-order valence-corrected chi connectivity index (χ0v) is 15.4. The van der Waals surface area contributed by atoms with Gasteiger partial charge in [0.1, 0.15) is 5.82 Å². The van der Waals surface area contributed by atoms with Gasteiger partial charge in [0.15, 0.2) is 0 Å². The SMILES string of the molecule is CCc1nc(CN2CCC3(CC2)CC(OC)CN(C)C3=O)c(C)[nH]1. The summed E-state index contributed by atoms with van der Waals surface area (Å²) in [4.78, 5) is 25.1. The van der Waals surface area contributed by atoms with E-state index < -0.39 is 0 Å². The summed E-state index contributed by atoms with van der Waals surface area (Å²) < 4.78 is 5.57. The van der Waals surface area contributed by atoms with E-state index >= 15 is 0 Å². The summed E-state index contributed by atoms with van der Waals surface area (Å²) in [6, 6.07) is 0. The van der Waals surface area contributed by atoms with Crippen molar-refractivity contribution in [3.05, 3.63) is 17.2 Å². The zero-order chi connectivity index (χ0) is 17.3. The van der Waals surface area contributed by atoms with Crippen LogP contribution in [0.15, 0.2) is 0 Å². The third-order valence-electron chi connectivity index (χ3n) is 5.79. The summed E-state index contributed by atoms with van der Waals surface area (Å²) >= 11 is 0. The number of aromatic nitrogens is 2. The van der Waals surface area contributed by atoms with Crippen molar-refractivity contribution in [2.75, 3.05) is 33.8 Å². The van der Waals surface area contributed by atoms with Gasteiger partial charge < -0.3 is 14.6 Å². The van der Waals surface area contributed by atoms with E-state index in [4.69, 9.17) is 4.74 Å². The average Bonchev–Trinajstić information content (AvgIpc) is 2.94. The fourth-order valence-electron chi connectivity index (χ4n) is 4.19. The van der Waals surface area contributed by atoms with Crippen LogP contribution in [0.2, 0.25) is 0 Å². The number of rotatable bonds is 4. The van der Waals surface area contributed by atoms with Crippen LogP contribution >= 0.6 is 0 Å². The molecule has 1 aromatic rings. The molecule has 1 unspecified atom stereocenters. The molecule has 1 amide bonds. The molecule has 1 aromatic heterocycles. The molecule has 0 saturated carbocycles. The van der Waals surface area contributed by atoms with Crippen LogP contribution in [0.3, 0.4) is 0 Å². The van der Waals surface area contributed by atoms with Gasteiger partial charge >= 0.3 is 0 Å². The minimum absolute atomic E-state index is 0.167. The van der Waals surface area contributed by atoms with E-state index in [-0.39, 0.29) is 11.5 Å². The number of imidazole rings is 1. The van der Waals surface area contributed by atoms with Crippen LogP contribution in [0.4, 0.5) is 0 Å². The van der Waals surface area contributed by atoms with E-state index in [0.717, 1.165) is 56.8 Å². The van der Waals surface area contributed by atoms with Gasteiger partial charge in [-0.2, -0.15) is 0 Å². The number of nitrogens with one attached hydrogen (secondary N) is 1. The quantitative estimate of drug-likeness (QED) is 0.911. The molecule has 0 bridgehead atoms. The Balaban J connectivity index is 1.64. The second-order valence-electron chi connectivity index (χ2n) is 7.41. The lowest BCUT2D eigenvalue weighted by molar-refractivity contribution is -0.156. The molecule has 24 heavy (non-hydrogen) atoms. The Kier molecular flexibility index (Phi) is 4.97. The van der Waals surface area contributed by atoms with Crippen LogP contribution < -0.4 is 0 Å². The highest BCUT2D eigenvalue weighted by molar-refractivity contribution is 5.83. The first-order valence-electron chi connectivity index (χ1n) is 9.02. The van der Waals surface area contributed by atoms with Gasteiger partial charge in [-0.1, -0.05) is 6.92 Å². The van der Waals surface area contributed by atoms with Gasteiger partial charge in [-0.25, -0.2) is 4.98 Å². The summed E-state index contributed by atoms with van der Waals surface area (Å²) in [7, 11) is 3.66. The summed E-state index contributed by atoms with van der Waals surface area (Å²) in [5.74, 6) is 1.36. The first-order valence-corrected chi connectivity index (χ1v) is 9.02. The highest BCUT2D eigenvalue weighted by atomic mass is 16.5. The number of nitrogens with zero attached hydrogens (tertiary/aromatic N) is 3. The van der Waals surface area contributed by atoms with E-state index in [2.05, 4.69) is 28.7 Å². The molecule has 2 fully saturated rings. The van der Waals surface area contributed by atoms with Crippen molar-refractivity contribution >= 4 is 5.91 Å². The Labute approximate surface area is 144 Å². The Hall–Kier alpha value is -1.40. The average molecular weight is 334 g/mol. The number of likely N-dealkylation sites (N-methyl/N-ethyl adjacent to an activating group) is 1. The van der Waals surface area contributed by atoms with Crippen molar-refractivity contribution in [3.8, 4) is 0 Å². The van der Waals surface area contributed by atoms with E-state index in [1.807, 2.05) is 11.9 Å². The molecule has 6 heteroatoms. The lowest BCUT2D eigenvalue weighted by Crippen LogP contribution is -2.56. The van der Waals surface area contributed by atoms with Crippen molar-refractivity contribution < 1.29 is 9.53 Å². The number of methoxy groups -OCH3 is 1. The van der Waals surface area contributed by atoms with Crippen molar-refractivity contribution in [1.29, 1.82) is 0 Å². The number of amides is 1. The van der Waals surface area contributed by atoms with Gasteiger partial charge in [-0.05, 0) is 39.3 Å². The Morgan fingerprint density at radius 1 is 1.38 bits per heavy atom. The Morgan fingerprint density at radius 3 is 2.67 bits per heavy atom. The van der Waals surface area contributed by atoms with Gasteiger partial charge in [0.25, 0.3) is 0 Å². The van der Waals surface area contributed by atoms with Crippen molar-refractivity contribution in [1.82, 2.24) is 19.8 Å². The van der Waals surface area contributed by atoms with Crippen LogP contribution in [-0.2, 0) is 22.5 Å². The molecule has 2 saturated heterocycles. The number of hydrogen-bond donors (Lipinski definition) is 1. The molecule has 2 aliphatic rings. The maximum absolute atomic E-state index is 12.8. The monoisotopic (exact) mass is 334 g/mol. The van der Waals surface area contributed by atoms with Gasteiger partial charge in [-0.15, -0.1) is 0 Å². The highest BCUT2D eigenvalue weighted by Crippen LogP contribution is 2.41. The summed E-state index contributed by atoms with van der Waals surface area (Å²) in [5, 5.41) is 0. The maximum atomic E-state index is 12.8. The van der Waals surface area contributed by atoms with Crippen LogP contribution in [0.5, 0.6) is 0 Å². The Bertz CT molecular complexity index is 590. The first-order chi connectivity index (χ1) is 11.5. The Morgan fingerprint density at radius 2 is 2.08 bits per heavy atom. The predicted molar refractivity (Wildman–Crippen MR) is 92.7 cm³/mol. The molecule has 1 spiro atoms. The number of hydrogen-bond acceptors (Lipinski definition) is 4. The van der Waals surface area contributed by atoms with E-state index in [9.17, 15) is 4.79 Å². The first kappa shape index (κ1) is 17.4. The topological polar surface area (TPSA) is 61.5 Å². The molecule has 0 aromatic carbocycles. The molecule has 1 N–H and O–H groups in total. The maximum Gasteiger partial charge on any atom is 0.228 e. The number of ether oxygens (including phenoxy) is 1. The van der Waals surface area contributed by atoms with Crippen molar-refractivity contribution in [3.63, 3.8) is 0 Å². The zero-order valence-electron chi connectivity index (χ0n) is 15.4. The van der Waals surface area contributed by atoms with E-state index in [1.54, 1.807) is 7.11 Å². The molecule has 0 radical (unpaired) electrons. The number of aryl methyl sites for hydroxylation is 2. The molecule has 6 nitrogen and oxygen atoms in total. The second-order valence-corrected chi connectivity index (χ2v) is 7.41. The highest BCUT2D eigenvalue weighted by Gasteiger charge is 2.47. The molecule has 0 aliphatic carbocycles. The molecular formula is C18H30N4O2. The third kappa shape index (κ3) is 3.22. The number of aromatic amines is 1. The number of carbonyl (C=O) groups excluding carboxylic acids is 1. The molecule has 134 valence electrons. The van der Waals surface area contributed by atoms with Gasteiger partial charge in [0.05, 0.1) is 17.2 Å². The molecule has 2 aliphatic heterocycles. The fourth-order valence-corrected chi connectivity index (χ4v) is 4.19. The van der Waals surface area contributed by atoms with Crippen LogP contribution in [0, 0.1) is 12.3 Å². The lowest BCUT2D eigenvalue weighted by Gasteiger charge is -2.47. The molecular weight excluding hydrogens is 304 g/mol. The number of likely N-dealkylation sites (tertiary alicyclic amines) is 2. The largest absolute Gasteiger partial charge is 0.380 e. The van der Waals surface area contributed by atoms with Gasteiger partial charge in [0.2, 0.25) is 5.91 Å². The number of carbonyl (C=O) groups is 1. The fraction of sp³-hybridized carbons (Fsp3) is 0.778. The normalized spacial score (nSPS) is 24.8.